The lowest BCUT2D eigenvalue weighted by atomic mass is 9.88. The summed E-state index contributed by atoms with van der Waals surface area (Å²) in [5.41, 5.74) is 0.123. The second-order valence-electron chi connectivity index (χ2n) is 8.12. The Kier molecular flexibility index (Phi) is 5.02. The van der Waals surface area contributed by atoms with Crippen LogP contribution < -0.4 is 10.6 Å². The van der Waals surface area contributed by atoms with E-state index in [1.54, 1.807) is 0 Å². The van der Waals surface area contributed by atoms with Crippen molar-refractivity contribution in [1.82, 2.24) is 0 Å². The van der Waals surface area contributed by atoms with Crippen LogP contribution in [-0.2, 0) is 4.74 Å². The lowest BCUT2D eigenvalue weighted by Gasteiger charge is -2.25. The van der Waals surface area contributed by atoms with E-state index in [0.29, 0.717) is 6.61 Å². The van der Waals surface area contributed by atoms with Gasteiger partial charge >= 0.3 is 0 Å². The summed E-state index contributed by atoms with van der Waals surface area (Å²) in [7, 11) is -0.612. The molecule has 0 aromatic heterocycles. The second-order valence-corrected chi connectivity index (χ2v) is 10.3. The summed E-state index contributed by atoms with van der Waals surface area (Å²) in [6, 6.07) is 21.9. The highest BCUT2D eigenvalue weighted by Crippen LogP contribution is 2.50. The maximum Gasteiger partial charge on any atom is 0.195 e. The van der Waals surface area contributed by atoms with Gasteiger partial charge in [-0.15, -0.1) is 0 Å². The smallest absolute Gasteiger partial charge is 0.195 e. The molecule has 2 aliphatic rings. The molecule has 2 nitrogen and oxygen atoms in total. The Morgan fingerprint density at radius 2 is 1.52 bits per heavy atom. The van der Waals surface area contributed by atoms with Crippen molar-refractivity contribution in [2.24, 2.45) is 16.3 Å². The number of hydrogen-bond donors (Lipinski definition) is 0. The lowest BCUT2D eigenvalue weighted by molar-refractivity contribution is 0.232. The highest BCUT2D eigenvalue weighted by Gasteiger charge is 2.36. The molecule has 27 heavy (non-hydrogen) atoms. The van der Waals surface area contributed by atoms with Gasteiger partial charge in [-0.05, 0) is 29.3 Å². The van der Waals surface area contributed by atoms with Crippen molar-refractivity contribution >= 4 is 24.4 Å². The van der Waals surface area contributed by atoms with Gasteiger partial charge in [0.05, 0.1) is 12.0 Å². The molecular weight excluding hydrogens is 349 g/mol. The molecule has 1 aliphatic carbocycles. The quantitative estimate of drug-likeness (QED) is 0.687. The molecule has 0 saturated heterocycles. The van der Waals surface area contributed by atoms with Crippen LogP contribution in [0.2, 0.25) is 0 Å². The maximum absolute atomic E-state index is 6.10. The van der Waals surface area contributed by atoms with Crippen LogP contribution in [0.5, 0.6) is 0 Å². The van der Waals surface area contributed by atoms with E-state index in [-0.39, 0.29) is 17.4 Å². The minimum atomic E-state index is -0.612. The number of rotatable bonds is 4. The second kappa shape index (κ2) is 7.44. The summed E-state index contributed by atoms with van der Waals surface area (Å²) in [6.45, 7) is 7.38. The standard InChI is InChI=1S/C24H26NOP/c1-24(2,3)22-17-26-23(25-22)20-15-10-16-21(20)27(18-11-6-4-7-12-18)19-13-8-5-9-14-19/h4-16,20,22H,17H2,1-3H3/t20?,22-/m0/s1. The molecule has 0 fully saturated rings. The molecule has 0 saturated carbocycles. The molecule has 138 valence electrons. The van der Waals surface area contributed by atoms with E-state index in [1.807, 2.05) is 0 Å². The predicted molar refractivity (Wildman–Crippen MR) is 116 cm³/mol. The Hall–Kier alpha value is -2.18. The third kappa shape index (κ3) is 3.77. The normalized spacial score (nSPS) is 21.9. The van der Waals surface area contributed by atoms with Crippen molar-refractivity contribution in [3.8, 4) is 0 Å². The van der Waals surface area contributed by atoms with Crippen LogP contribution in [0.15, 0.2) is 89.2 Å². The fourth-order valence-electron chi connectivity index (χ4n) is 3.50. The summed E-state index contributed by atoms with van der Waals surface area (Å²) in [5, 5.41) is 4.13. The minimum absolute atomic E-state index is 0.123. The zero-order chi connectivity index (χ0) is 18.9. The Morgan fingerprint density at radius 3 is 2.04 bits per heavy atom. The number of benzene rings is 2. The first kappa shape index (κ1) is 18.2. The average molecular weight is 375 g/mol. The van der Waals surface area contributed by atoms with Crippen molar-refractivity contribution in [2.75, 3.05) is 6.61 Å². The van der Waals surface area contributed by atoms with E-state index in [9.17, 15) is 0 Å². The van der Waals surface area contributed by atoms with Crippen molar-refractivity contribution in [3.63, 3.8) is 0 Å². The van der Waals surface area contributed by atoms with Crippen molar-refractivity contribution in [3.05, 3.63) is 84.2 Å². The lowest BCUT2D eigenvalue weighted by Crippen LogP contribution is -2.25. The molecule has 0 radical (unpaired) electrons. The molecule has 3 heteroatoms. The molecule has 1 aliphatic heterocycles. The fourth-order valence-corrected chi connectivity index (χ4v) is 6.04. The molecule has 1 unspecified atom stereocenters. The third-order valence-corrected chi connectivity index (χ3v) is 7.69. The largest absolute Gasteiger partial charge is 0.478 e. The molecule has 1 heterocycles. The summed E-state index contributed by atoms with van der Waals surface area (Å²) < 4.78 is 6.10. The van der Waals surface area contributed by atoms with Crippen LogP contribution in [0, 0.1) is 11.3 Å². The molecule has 4 rings (SSSR count). The summed E-state index contributed by atoms with van der Waals surface area (Å²) in [5.74, 6) is 1.03. The monoisotopic (exact) mass is 375 g/mol. The Morgan fingerprint density at radius 1 is 0.926 bits per heavy atom. The topological polar surface area (TPSA) is 21.6 Å². The van der Waals surface area contributed by atoms with Gasteiger partial charge in [-0.3, -0.25) is 0 Å². The van der Waals surface area contributed by atoms with E-state index < -0.39 is 7.92 Å². The Labute approximate surface area is 163 Å². The van der Waals surface area contributed by atoms with Gasteiger partial charge in [0.2, 0.25) is 0 Å². The van der Waals surface area contributed by atoms with Crippen LogP contribution in [-0.4, -0.2) is 18.5 Å². The number of allylic oxidation sites excluding steroid dienone is 2. The summed E-state index contributed by atoms with van der Waals surface area (Å²) in [6.07, 6.45) is 6.67. The van der Waals surface area contributed by atoms with Gasteiger partial charge in [-0.1, -0.05) is 99.7 Å². The maximum atomic E-state index is 6.10. The Balaban J connectivity index is 1.71. The van der Waals surface area contributed by atoms with Gasteiger partial charge in [0, 0.05) is 0 Å². The van der Waals surface area contributed by atoms with E-state index in [4.69, 9.17) is 9.73 Å². The molecule has 0 spiro atoms. The predicted octanol–water partition coefficient (Wildman–Crippen LogP) is 5.03. The van der Waals surface area contributed by atoms with Gasteiger partial charge in [0.1, 0.15) is 6.61 Å². The van der Waals surface area contributed by atoms with E-state index in [2.05, 4.69) is 99.7 Å². The van der Waals surface area contributed by atoms with E-state index >= 15 is 0 Å². The highest BCUT2D eigenvalue weighted by molar-refractivity contribution is 7.76. The van der Waals surface area contributed by atoms with E-state index in [0.717, 1.165) is 5.90 Å². The van der Waals surface area contributed by atoms with Gasteiger partial charge in [-0.2, -0.15) is 0 Å². The Bertz CT molecular complexity index is 838. The molecular formula is C24H26NOP. The molecule has 2 atom stereocenters. The SMILES string of the molecule is CC(C)(C)[C@@H]1COC(C2C=CC=C2P(c2ccccc2)c2ccccc2)=N1. The molecule has 0 bridgehead atoms. The zero-order valence-corrected chi connectivity index (χ0v) is 17.1. The van der Waals surface area contributed by atoms with Gasteiger partial charge in [-0.25, -0.2) is 4.99 Å². The number of nitrogens with zero attached hydrogens (tertiary/aromatic N) is 1. The summed E-state index contributed by atoms with van der Waals surface area (Å²) in [4.78, 5) is 4.97. The van der Waals surface area contributed by atoms with Crippen molar-refractivity contribution < 1.29 is 4.74 Å². The molecule has 2 aromatic carbocycles. The molecule has 0 amide bonds. The first-order valence-corrected chi connectivity index (χ1v) is 10.9. The number of ether oxygens (including phenoxy) is 1. The van der Waals surface area contributed by atoms with Crippen LogP contribution >= 0.6 is 7.92 Å². The van der Waals surface area contributed by atoms with Crippen LogP contribution in [0.1, 0.15) is 20.8 Å². The number of aliphatic imine (C=N–C) groups is 1. The highest BCUT2D eigenvalue weighted by atomic mass is 31.1. The van der Waals surface area contributed by atoms with Crippen LogP contribution in [0.3, 0.4) is 0 Å². The zero-order valence-electron chi connectivity index (χ0n) is 16.2. The van der Waals surface area contributed by atoms with E-state index in [1.165, 1.54) is 15.9 Å². The third-order valence-electron chi connectivity index (χ3n) is 5.11. The summed E-state index contributed by atoms with van der Waals surface area (Å²) >= 11 is 0. The van der Waals surface area contributed by atoms with Gasteiger partial charge < -0.3 is 4.74 Å². The van der Waals surface area contributed by atoms with Crippen LogP contribution in [0.25, 0.3) is 0 Å². The fraction of sp³-hybridized carbons (Fsp3) is 0.292. The first-order chi connectivity index (χ1) is 13.0. The molecule has 2 aromatic rings. The van der Waals surface area contributed by atoms with Gasteiger partial charge in [0.15, 0.2) is 5.90 Å². The van der Waals surface area contributed by atoms with Crippen molar-refractivity contribution in [1.29, 1.82) is 0 Å². The first-order valence-electron chi connectivity index (χ1n) is 9.53. The molecule has 0 N–H and O–H groups in total. The van der Waals surface area contributed by atoms with Crippen molar-refractivity contribution in [2.45, 2.75) is 26.8 Å². The van der Waals surface area contributed by atoms with Crippen LogP contribution in [0.4, 0.5) is 0 Å². The van der Waals surface area contributed by atoms with Gasteiger partial charge in [0.25, 0.3) is 0 Å². The average Bonchev–Trinajstić information content (AvgIpc) is 3.33. The minimum Gasteiger partial charge on any atom is -0.478 e. The number of hydrogen-bond acceptors (Lipinski definition) is 2.